The van der Waals surface area contributed by atoms with E-state index in [0.29, 0.717) is 35.2 Å². The average Bonchev–Trinajstić information content (AvgIpc) is 3.34. The lowest BCUT2D eigenvalue weighted by Gasteiger charge is -2.13. The Balaban J connectivity index is 1.86. The van der Waals surface area contributed by atoms with Crippen LogP contribution in [0.3, 0.4) is 0 Å². The van der Waals surface area contributed by atoms with Crippen molar-refractivity contribution in [2.45, 2.75) is 38.5 Å². The third-order valence-electron chi connectivity index (χ3n) is 5.72. The molecule has 164 valence electrons. The lowest BCUT2D eigenvalue weighted by molar-refractivity contribution is 0.0762. The van der Waals surface area contributed by atoms with Crippen molar-refractivity contribution in [2.24, 2.45) is 0 Å². The van der Waals surface area contributed by atoms with E-state index in [9.17, 15) is 22.0 Å². The Bertz CT molecular complexity index is 1310. The van der Waals surface area contributed by atoms with Gasteiger partial charge in [0.05, 0.1) is 5.69 Å². The van der Waals surface area contributed by atoms with Crippen LogP contribution in [0, 0.1) is 32.4 Å². The molecule has 3 aromatic rings. The van der Waals surface area contributed by atoms with Gasteiger partial charge < -0.3 is 9.32 Å². The van der Waals surface area contributed by atoms with E-state index >= 15 is 0 Å². The van der Waals surface area contributed by atoms with Crippen LogP contribution >= 0.6 is 0 Å². The molecule has 4 rings (SSSR count). The number of amides is 1. The summed E-state index contributed by atoms with van der Waals surface area (Å²) in [4.78, 5) is 14.5. The number of nitrogens with one attached hydrogen (secondary N) is 1. The Morgan fingerprint density at radius 3 is 2.35 bits per heavy atom. The molecule has 6 nitrogen and oxygen atoms in total. The number of nitrogens with zero attached hydrogens (tertiary/aromatic N) is 1. The van der Waals surface area contributed by atoms with Gasteiger partial charge in [-0.25, -0.2) is 17.2 Å². The number of benzene rings is 2. The highest BCUT2D eigenvalue weighted by Gasteiger charge is 2.30. The minimum atomic E-state index is -4.23. The van der Waals surface area contributed by atoms with Gasteiger partial charge >= 0.3 is 0 Å². The van der Waals surface area contributed by atoms with Crippen LogP contribution in [-0.4, -0.2) is 32.3 Å². The summed E-state index contributed by atoms with van der Waals surface area (Å²) in [6, 6.07) is 4.54. The number of hydrogen-bond donors (Lipinski definition) is 1. The van der Waals surface area contributed by atoms with Gasteiger partial charge in [0.2, 0.25) is 0 Å². The van der Waals surface area contributed by atoms with Crippen LogP contribution in [0.5, 0.6) is 0 Å². The van der Waals surface area contributed by atoms with Gasteiger partial charge in [0.1, 0.15) is 4.90 Å². The first kappa shape index (κ1) is 21.3. The second-order valence-electron chi connectivity index (χ2n) is 7.81. The summed E-state index contributed by atoms with van der Waals surface area (Å²) < 4.78 is 61.4. The Kier molecular flexibility index (Phi) is 5.25. The normalized spacial score (nSPS) is 14.4. The summed E-state index contributed by atoms with van der Waals surface area (Å²) >= 11 is 0. The molecule has 2 aromatic carbocycles. The van der Waals surface area contributed by atoms with Crippen LogP contribution in [0.2, 0.25) is 0 Å². The fourth-order valence-electron chi connectivity index (χ4n) is 3.90. The molecule has 1 N–H and O–H groups in total. The van der Waals surface area contributed by atoms with Gasteiger partial charge in [-0.3, -0.25) is 9.52 Å². The van der Waals surface area contributed by atoms with E-state index in [-0.39, 0.29) is 27.8 Å². The molecular weight excluding hydrogens is 426 g/mol. The Morgan fingerprint density at radius 2 is 1.71 bits per heavy atom. The Morgan fingerprint density at radius 1 is 1.03 bits per heavy atom. The van der Waals surface area contributed by atoms with Gasteiger partial charge in [-0.2, -0.15) is 0 Å². The molecule has 0 radical (unpaired) electrons. The third-order valence-corrected chi connectivity index (χ3v) is 7.25. The topological polar surface area (TPSA) is 79.6 Å². The van der Waals surface area contributed by atoms with Crippen molar-refractivity contribution < 1.29 is 26.4 Å². The van der Waals surface area contributed by atoms with Crippen LogP contribution in [0.15, 0.2) is 33.6 Å². The van der Waals surface area contributed by atoms with Crippen LogP contribution in [0.4, 0.5) is 14.5 Å². The molecule has 1 aromatic heterocycles. The molecule has 0 bridgehead atoms. The second kappa shape index (κ2) is 7.64. The number of aryl methyl sites for hydroxylation is 2. The molecule has 1 aliphatic heterocycles. The second-order valence-corrected chi connectivity index (χ2v) is 9.43. The maximum Gasteiger partial charge on any atom is 0.289 e. The predicted octanol–water partition coefficient (Wildman–Crippen LogP) is 4.67. The largest absolute Gasteiger partial charge is 0.449 e. The van der Waals surface area contributed by atoms with Crippen molar-refractivity contribution >= 4 is 32.6 Å². The number of furan rings is 1. The SMILES string of the molecule is Cc1cc2c(C)c(C(=O)N3CCCC3)oc2c(S(=O)(=O)Nc2ccc(F)c(F)c2)c1C. The molecule has 31 heavy (non-hydrogen) atoms. The predicted molar refractivity (Wildman–Crippen MR) is 113 cm³/mol. The number of anilines is 1. The van der Waals surface area contributed by atoms with E-state index in [4.69, 9.17) is 4.42 Å². The molecule has 0 unspecified atom stereocenters. The molecule has 9 heteroatoms. The van der Waals surface area contributed by atoms with E-state index in [1.807, 2.05) is 0 Å². The molecule has 0 atom stereocenters. The molecular formula is C22H22F2N2O4S. The molecule has 2 heterocycles. The van der Waals surface area contributed by atoms with Crippen molar-refractivity contribution in [1.29, 1.82) is 0 Å². The molecule has 0 aliphatic carbocycles. The number of rotatable bonds is 4. The van der Waals surface area contributed by atoms with E-state index in [2.05, 4.69) is 4.72 Å². The first-order valence-electron chi connectivity index (χ1n) is 9.90. The number of hydrogen-bond acceptors (Lipinski definition) is 4. The Hall–Kier alpha value is -2.94. The van der Waals surface area contributed by atoms with Gasteiger partial charge in [0.25, 0.3) is 15.9 Å². The highest BCUT2D eigenvalue weighted by atomic mass is 32.2. The molecule has 1 amide bonds. The van der Waals surface area contributed by atoms with Gasteiger partial charge in [0.15, 0.2) is 23.0 Å². The van der Waals surface area contributed by atoms with Crippen LogP contribution < -0.4 is 4.72 Å². The first-order valence-corrected chi connectivity index (χ1v) is 11.4. The quantitative estimate of drug-likeness (QED) is 0.629. The summed E-state index contributed by atoms with van der Waals surface area (Å²) in [5.41, 5.74) is 1.65. The van der Waals surface area contributed by atoms with Gasteiger partial charge in [-0.05, 0) is 62.9 Å². The first-order chi connectivity index (χ1) is 14.6. The zero-order chi connectivity index (χ0) is 22.5. The number of sulfonamides is 1. The summed E-state index contributed by atoms with van der Waals surface area (Å²) in [5.74, 6) is -2.40. The Labute approximate surface area is 178 Å². The summed E-state index contributed by atoms with van der Waals surface area (Å²) in [5, 5.41) is 0.524. The lowest BCUT2D eigenvalue weighted by atomic mass is 10.0. The number of halogens is 2. The number of carbonyl (C=O) groups excluding carboxylic acids is 1. The van der Waals surface area contributed by atoms with Crippen LogP contribution in [0.1, 0.15) is 40.1 Å². The van der Waals surface area contributed by atoms with Gasteiger partial charge in [0, 0.05) is 30.1 Å². The molecule has 0 saturated carbocycles. The molecule has 1 aliphatic rings. The highest BCUT2D eigenvalue weighted by Crippen LogP contribution is 2.36. The van der Waals surface area contributed by atoms with Gasteiger partial charge in [-0.15, -0.1) is 0 Å². The molecule has 0 spiro atoms. The highest BCUT2D eigenvalue weighted by molar-refractivity contribution is 7.93. The summed E-state index contributed by atoms with van der Waals surface area (Å²) in [7, 11) is -4.23. The molecule has 1 saturated heterocycles. The van der Waals surface area contributed by atoms with E-state index in [1.165, 1.54) is 0 Å². The van der Waals surface area contributed by atoms with E-state index in [0.717, 1.165) is 31.0 Å². The zero-order valence-corrected chi connectivity index (χ0v) is 18.2. The smallest absolute Gasteiger partial charge is 0.289 e. The van der Waals surface area contributed by atoms with Crippen molar-refractivity contribution in [3.05, 3.63) is 58.4 Å². The number of carbonyl (C=O) groups is 1. The number of likely N-dealkylation sites (tertiary alicyclic amines) is 1. The standard InChI is InChI=1S/C22H22F2N2O4S/c1-12-10-16-14(3)19(22(27)26-8-4-5-9-26)30-20(16)21(13(12)2)31(28,29)25-15-6-7-17(23)18(24)11-15/h6-7,10-11,25H,4-5,8-9H2,1-3H3. The van der Waals surface area contributed by atoms with E-state index in [1.54, 1.807) is 31.7 Å². The molecule has 1 fully saturated rings. The van der Waals surface area contributed by atoms with Crippen molar-refractivity contribution in [1.82, 2.24) is 4.90 Å². The monoisotopic (exact) mass is 448 g/mol. The fraction of sp³-hybridized carbons (Fsp3) is 0.318. The fourth-order valence-corrected chi connectivity index (χ4v) is 5.40. The maximum atomic E-state index is 13.6. The van der Waals surface area contributed by atoms with Crippen molar-refractivity contribution in [3.8, 4) is 0 Å². The lowest BCUT2D eigenvalue weighted by Crippen LogP contribution is -2.27. The minimum absolute atomic E-state index is 0.0678. The minimum Gasteiger partial charge on any atom is -0.449 e. The summed E-state index contributed by atoms with van der Waals surface area (Å²) in [6.45, 7) is 6.39. The zero-order valence-electron chi connectivity index (χ0n) is 17.4. The van der Waals surface area contributed by atoms with Crippen LogP contribution in [0.25, 0.3) is 11.0 Å². The maximum absolute atomic E-state index is 13.6. The van der Waals surface area contributed by atoms with E-state index < -0.39 is 21.7 Å². The van der Waals surface area contributed by atoms with Gasteiger partial charge in [-0.1, -0.05) is 0 Å². The summed E-state index contributed by atoms with van der Waals surface area (Å²) in [6.07, 6.45) is 1.84. The average molecular weight is 448 g/mol. The van der Waals surface area contributed by atoms with Crippen molar-refractivity contribution in [2.75, 3.05) is 17.8 Å². The third kappa shape index (κ3) is 3.67. The number of fused-ring (bicyclic) bond motifs is 1. The van der Waals surface area contributed by atoms with Crippen molar-refractivity contribution in [3.63, 3.8) is 0 Å². The van der Waals surface area contributed by atoms with Crippen LogP contribution in [-0.2, 0) is 10.0 Å².